The Labute approximate surface area is 55.3 Å². The molecular weight excluding hydrogens is 117 g/mol. The van der Waals surface area contributed by atoms with Crippen LogP contribution in [0, 0.1) is 0 Å². The van der Waals surface area contributed by atoms with Crippen LogP contribution in [0.2, 0.25) is 0 Å². The van der Waals surface area contributed by atoms with Gasteiger partial charge in [0.15, 0.2) is 0 Å². The molecule has 0 radical (unpaired) electrons. The second-order valence-electron chi connectivity index (χ2n) is 2.05. The maximum Gasteiger partial charge on any atom is 0.136 e. The van der Waals surface area contributed by atoms with Gasteiger partial charge >= 0.3 is 0 Å². The molecule has 0 aromatic heterocycles. The highest BCUT2D eigenvalue weighted by atomic mass is 19.1. The van der Waals surface area contributed by atoms with Gasteiger partial charge < -0.3 is 0 Å². The quantitative estimate of drug-likeness (QED) is 0.507. The standard InChI is InChI=1S/C7H12FN/c1-4-7(8)5-9-6(2)3/h4-6H,1-3H3/b7-4+,9-5?. The molecule has 1 nitrogen and oxygen atoms in total. The van der Waals surface area contributed by atoms with E-state index < -0.39 is 0 Å². The van der Waals surface area contributed by atoms with Crippen molar-refractivity contribution in [3.8, 4) is 0 Å². The lowest BCUT2D eigenvalue weighted by molar-refractivity contribution is 0.680. The number of aliphatic imine (C=N–C) groups is 1. The van der Waals surface area contributed by atoms with Gasteiger partial charge in [-0.2, -0.15) is 0 Å². The fraction of sp³-hybridized carbons (Fsp3) is 0.571. The lowest BCUT2D eigenvalue weighted by Gasteiger charge is -1.91. The van der Waals surface area contributed by atoms with Crippen molar-refractivity contribution < 1.29 is 4.39 Å². The van der Waals surface area contributed by atoms with Gasteiger partial charge in [-0.3, -0.25) is 4.99 Å². The smallest absolute Gasteiger partial charge is 0.136 e. The molecule has 0 bridgehead atoms. The fourth-order valence-electron chi connectivity index (χ4n) is 0.295. The lowest BCUT2D eigenvalue weighted by atomic mass is 10.4. The zero-order valence-electron chi connectivity index (χ0n) is 6.06. The Kier molecular flexibility index (Phi) is 3.93. The van der Waals surface area contributed by atoms with Crippen LogP contribution in [0.15, 0.2) is 16.9 Å². The van der Waals surface area contributed by atoms with Crippen molar-refractivity contribution in [2.75, 3.05) is 0 Å². The summed E-state index contributed by atoms with van der Waals surface area (Å²) in [6.07, 6.45) is 2.62. The van der Waals surface area contributed by atoms with E-state index in [-0.39, 0.29) is 11.9 Å². The van der Waals surface area contributed by atoms with Crippen molar-refractivity contribution in [1.29, 1.82) is 0 Å². The molecule has 0 atom stereocenters. The van der Waals surface area contributed by atoms with Gasteiger partial charge in [-0.25, -0.2) is 4.39 Å². The molecule has 9 heavy (non-hydrogen) atoms. The number of allylic oxidation sites excluding steroid dienone is 2. The van der Waals surface area contributed by atoms with Gasteiger partial charge in [-0.15, -0.1) is 0 Å². The Morgan fingerprint density at radius 2 is 2.11 bits per heavy atom. The van der Waals surface area contributed by atoms with E-state index in [1.165, 1.54) is 12.3 Å². The van der Waals surface area contributed by atoms with E-state index in [1.54, 1.807) is 6.92 Å². The molecule has 0 unspecified atom stereocenters. The Morgan fingerprint density at radius 1 is 1.56 bits per heavy atom. The van der Waals surface area contributed by atoms with Crippen LogP contribution < -0.4 is 0 Å². The van der Waals surface area contributed by atoms with E-state index in [4.69, 9.17) is 0 Å². The summed E-state index contributed by atoms with van der Waals surface area (Å²) in [7, 11) is 0. The molecule has 0 aromatic carbocycles. The largest absolute Gasteiger partial charge is 0.287 e. The monoisotopic (exact) mass is 129 g/mol. The summed E-state index contributed by atoms with van der Waals surface area (Å²) < 4.78 is 12.2. The Morgan fingerprint density at radius 3 is 2.44 bits per heavy atom. The third kappa shape index (κ3) is 5.21. The van der Waals surface area contributed by atoms with Gasteiger partial charge in [0.25, 0.3) is 0 Å². The Hall–Kier alpha value is -0.660. The van der Waals surface area contributed by atoms with Gasteiger partial charge in [-0.1, -0.05) is 6.08 Å². The molecule has 0 fully saturated rings. The minimum Gasteiger partial charge on any atom is -0.287 e. The van der Waals surface area contributed by atoms with Crippen molar-refractivity contribution in [3.05, 3.63) is 11.9 Å². The second-order valence-corrected chi connectivity index (χ2v) is 2.05. The summed E-state index contributed by atoms with van der Waals surface area (Å²) in [5.41, 5.74) is 0. The second kappa shape index (κ2) is 4.24. The molecule has 0 spiro atoms. The van der Waals surface area contributed by atoms with Crippen molar-refractivity contribution in [1.82, 2.24) is 0 Å². The van der Waals surface area contributed by atoms with Gasteiger partial charge in [0, 0.05) is 6.04 Å². The topological polar surface area (TPSA) is 12.4 Å². The molecule has 0 heterocycles. The first kappa shape index (κ1) is 8.34. The SMILES string of the molecule is C/C=C(/F)C=NC(C)C. The van der Waals surface area contributed by atoms with Crippen LogP contribution in [-0.2, 0) is 0 Å². The summed E-state index contributed by atoms with van der Waals surface area (Å²) in [5.74, 6) is -0.274. The first-order valence-corrected chi connectivity index (χ1v) is 3.01. The molecule has 52 valence electrons. The van der Waals surface area contributed by atoms with Crippen molar-refractivity contribution in [2.45, 2.75) is 26.8 Å². The molecule has 0 saturated carbocycles. The van der Waals surface area contributed by atoms with E-state index in [2.05, 4.69) is 4.99 Å². The van der Waals surface area contributed by atoms with Gasteiger partial charge in [-0.05, 0) is 20.8 Å². The van der Waals surface area contributed by atoms with Crippen LogP contribution >= 0.6 is 0 Å². The van der Waals surface area contributed by atoms with Crippen LogP contribution in [0.4, 0.5) is 4.39 Å². The first-order chi connectivity index (χ1) is 4.16. The van der Waals surface area contributed by atoms with Gasteiger partial charge in [0.1, 0.15) is 5.83 Å². The van der Waals surface area contributed by atoms with E-state index in [1.807, 2.05) is 13.8 Å². The molecular formula is C7H12FN. The van der Waals surface area contributed by atoms with Crippen LogP contribution in [0.25, 0.3) is 0 Å². The van der Waals surface area contributed by atoms with Crippen molar-refractivity contribution in [2.24, 2.45) is 4.99 Å². The van der Waals surface area contributed by atoms with Crippen LogP contribution in [0.5, 0.6) is 0 Å². The average Bonchev–Trinajstić information content (AvgIpc) is 1.83. The Bertz CT molecular complexity index is 125. The number of hydrogen-bond acceptors (Lipinski definition) is 1. The predicted octanol–water partition coefficient (Wildman–Crippen LogP) is 2.34. The molecule has 0 aliphatic carbocycles. The summed E-state index contributed by atoms with van der Waals surface area (Å²) in [6.45, 7) is 5.44. The molecule has 0 amide bonds. The Balaban J connectivity index is 3.71. The molecule has 0 rings (SSSR count). The average molecular weight is 129 g/mol. The fourth-order valence-corrected chi connectivity index (χ4v) is 0.295. The zero-order chi connectivity index (χ0) is 7.28. The summed E-state index contributed by atoms with van der Waals surface area (Å²) in [4.78, 5) is 3.83. The normalized spacial score (nSPS) is 13.7. The number of halogens is 1. The highest BCUT2D eigenvalue weighted by Crippen LogP contribution is 1.92. The third-order valence-corrected chi connectivity index (χ3v) is 0.772. The highest BCUT2D eigenvalue weighted by molar-refractivity contribution is 5.75. The molecule has 0 saturated heterocycles. The molecule has 0 aromatic rings. The maximum atomic E-state index is 12.2. The predicted molar refractivity (Wildman–Crippen MR) is 38.5 cm³/mol. The number of rotatable bonds is 2. The minimum absolute atomic E-state index is 0.177. The number of nitrogens with zero attached hydrogens (tertiary/aromatic N) is 1. The summed E-state index contributed by atoms with van der Waals surface area (Å²) in [5, 5.41) is 0. The molecule has 0 aliphatic heterocycles. The minimum atomic E-state index is -0.274. The molecule has 2 heteroatoms. The summed E-state index contributed by atoms with van der Waals surface area (Å²) in [6, 6.07) is 0.177. The summed E-state index contributed by atoms with van der Waals surface area (Å²) >= 11 is 0. The third-order valence-electron chi connectivity index (χ3n) is 0.772. The van der Waals surface area contributed by atoms with Gasteiger partial charge in [0.2, 0.25) is 0 Å². The van der Waals surface area contributed by atoms with Crippen LogP contribution in [0.3, 0.4) is 0 Å². The molecule has 0 N–H and O–H groups in total. The van der Waals surface area contributed by atoms with E-state index in [0.29, 0.717) is 0 Å². The zero-order valence-corrected chi connectivity index (χ0v) is 6.06. The lowest BCUT2D eigenvalue weighted by Crippen LogP contribution is -1.88. The van der Waals surface area contributed by atoms with Crippen LogP contribution in [-0.4, -0.2) is 12.3 Å². The van der Waals surface area contributed by atoms with Crippen molar-refractivity contribution in [3.63, 3.8) is 0 Å². The maximum absolute atomic E-state index is 12.2. The van der Waals surface area contributed by atoms with E-state index in [9.17, 15) is 4.39 Å². The molecule has 0 aliphatic rings. The van der Waals surface area contributed by atoms with E-state index >= 15 is 0 Å². The van der Waals surface area contributed by atoms with Crippen LogP contribution in [0.1, 0.15) is 20.8 Å². The number of hydrogen-bond donors (Lipinski definition) is 0. The first-order valence-electron chi connectivity index (χ1n) is 3.01. The highest BCUT2D eigenvalue weighted by Gasteiger charge is 1.85. The van der Waals surface area contributed by atoms with Crippen molar-refractivity contribution >= 4 is 6.21 Å². The van der Waals surface area contributed by atoms with Gasteiger partial charge in [0.05, 0.1) is 6.21 Å². The van der Waals surface area contributed by atoms with E-state index in [0.717, 1.165) is 0 Å².